The summed E-state index contributed by atoms with van der Waals surface area (Å²) in [4.78, 5) is 25.0. The van der Waals surface area contributed by atoms with Crippen LogP contribution in [-0.2, 0) is 9.53 Å². The van der Waals surface area contributed by atoms with Crippen molar-refractivity contribution in [1.82, 2.24) is 9.78 Å². The van der Waals surface area contributed by atoms with Crippen molar-refractivity contribution >= 4 is 17.6 Å². The number of hydrogen-bond acceptors (Lipinski definition) is 4. The van der Waals surface area contributed by atoms with Gasteiger partial charge in [0.15, 0.2) is 5.69 Å². The van der Waals surface area contributed by atoms with Crippen molar-refractivity contribution in [1.29, 1.82) is 0 Å². The Morgan fingerprint density at radius 1 is 1.09 bits per heavy atom. The van der Waals surface area contributed by atoms with E-state index < -0.39 is 5.97 Å². The molecule has 0 radical (unpaired) electrons. The SMILES string of the molecule is CCOC(=O)c1cc(-c2cccc(NC(=O)C3CCCCC3)c2)n(-c2ccc(F)cc2)n1. The maximum Gasteiger partial charge on any atom is 0.358 e. The van der Waals surface area contributed by atoms with E-state index in [2.05, 4.69) is 10.4 Å². The number of anilines is 1. The molecule has 1 aliphatic rings. The minimum absolute atomic E-state index is 0.0427. The fourth-order valence-electron chi connectivity index (χ4n) is 4.04. The Labute approximate surface area is 186 Å². The molecule has 1 aromatic heterocycles. The maximum atomic E-state index is 13.4. The first-order valence-electron chi connectivity index (χ1n) is 11.0. The van der Waals surface area contributed by atoms with Gasteiger partial charge in [-0.2, -0.15) is 5.10 Å². The quantitative estimate of drug-likeness (QED) is 0.528. The number of hydrogen-bond donors (Lipinski definition) is 1. The van der Waals surface area contributed by atoms with E-state index >= 15 is 0 Å². The van der Waals surface area contributed by atoms with E-state index in [0.717, 1.165) is 31.2 Å². The molecule has 0 bridgehead atoms. The van der Waals surface area contributed by atoms with Gasteiger partial charge in [-0.05, 0) is 62.2 Å². The molecule has 1 aliphatic carbocycles. The summed E-state index contributed by atoms with van der Waals surface area (Å²) in [7, 11) is 0. The van der Waals surface area contributed by atoms with E-state index in [1.54, 1.807) is 29.8 Å². The summed E-state index contributed by atoms with van der Waals surface area (Å²) in [6.07, 6.45) is 5.21. The highest BCUT2D eigenvalue weighted by Gasteiger charge is 2.22. The lowest BCUT2D eigenvalue weighted by molar-refractivity contribution is -0.120. The Bertz CT molecular complexity index is 1100. The third-order valence-electron chi connectivity index (χ3n) is 5.67. The van der Waals surface area contributed by atoms with Crippen LogP contribution in [0.1, 0.15) is 49.5 Å². The molecule has 6 nitrogen and oxygen atoms in total. The number of nitrogens with one attached hydrogen (secondary N) is 1. The summed E-state index contributed by atoms with van der Waals surface area (Å²) in [6, 6.07) is 14.9. The summed E-state index contributed by atoms with van der Waals surface area (Å²) in [5.74, 6) is -0.800. The van der Waals surface area contributed by atoms with Crippen LogP contribution in [0.5, 0.6) is 0 Å². The zero-order valence-corrected chi connectivity index (χ0v) is 18.0. The lowest BCUT2D eigenvalue weighted by Gasteiger charge is -2.20. The first-order chi connectivity index (χ1) is 15.5. The Morgan fingerprint density at radius 2 is 1.84 bits per heavy atom. The molecule has 0 aliphatic heterocycles. The second-order valence-corrected chi connectivity index (χ2v) is 7.93. The van der Waals surface area contributed by atoms with E-state index in [1.165, 1.54) is 18.6 Å². The molecule has 32 heavy (non-hydrogen) atoms. The highest BCUT2D eigenvalue weighted by molar-refractivity contribution is 5.93. The molecule has 1 amide bonds. The summed E-state index contributed by atoms with van der Waals surface area (Å²) in [5.41, 5.74) is 2.84. The maximum absolute atomic E-state index is 13.4. The molecule has 0 unspecified atom stereocenters. The van der Waals surface area contributed by atoms with Crippen LogP contribution in [0.25, 0.3) is 16.9 Å². The predicted octanol–water partition coefficient (Wildman–Crippen LogP) is 5.37. The molecule has 0 spiro atoms. The van der Waals surface area contributed by atoms with Crippen molar-refractivity contribution in [3.63, 3.8) is 0 Å². The minimum atomic E-state index is -0.531. The average Bonchev–Trinajstić information content (AvgIpc) is 3.26. The topological polar surface area (TPSA) is 73.2 Å². The zero-order chi connectivity index (χ0) is 22.5. The molecule has 3 aromatic rings. The van der Waals surface area contributed by atoms with Crippen molar-refractivity contribution in [2.75, 3.05) is 11.9 Å². The number of esters is 1. The third-order valence-corrected chi connectivity index (χ3v) is 5.67. The van der Waals surface area contributed by atoms with Crippen molar-refractivity contribution in [3.05, 3.63) is 66.1 Å². The normalized spacial score (nSPS) is 14.2. The Kier molecular flexibility index (Phi) is 6.63. The van der Waals surface area contributed by atoms with E-state index in [-0.39, 0.29) is 29.9 Å². The number of amides is 1. The second kappa shape index (κ2) is 9.77. The highest BCUT2D eigenvalue weighted by atomic mass is 19.1. The number of benzene rings is 2. The number of nitrogens with zero attached hydrogens (tertiary/aromatic N) is 2. The fourth-order valence-corrected chi connectivity index (χ4v) is 4.04. The first-order valence-corrected chi connectivity index (χ1v) is 11.0. The molecular formula is C25H26FN3O3. The molecule has 0 saturated heterocycles. The highest BCUT2D eigenvalue weighted by Crippen LogP contribution is 2.29. The lowest BCUT2D eigenvalue weighted by atomic mass is 9.88. The molecule has 2 aromatic carbocycles. The van der Waals surface area contributed by atoms with Crippen molar-refractivity contribution in [3.8, 4) is 16.9 Å². The van der Waals surface area contributed by atoms with Crippen molar-refractivity contribution in [2.24, 2.45) is 5.92 Å². The molecular weight excluding hydrogens is 409 g/mol. The number of carbonyl (C=O) groups is 2. The molecule has 166 valence electrons. The van der Waals surface area contributed by atoms with Gasteiger partial charge in [-0.15, -0.1) is 0 Å². The molecule has 1 fully saturated rings. The van der Waals surface area contributed by atoms with Gasteiger partial charge in [-0.25, -0.2) is 13.9 Å². The van der Waals surface area contributed by atoms with Gasteiger partial charge < -0.3 is 10.1 Å². The van der Waals surface area contributed by atoms with Gasteiger partial charge in [0.05, 0.1) is 18.0 Å². The molecule has 1 heterocycles. The van der Waals surface area contributed by atoms with Crippen LogP contribution in [-0.4, -0.2) is 28.3 Å². The van der Waals surface area contributed by atoms with Crippen LogP contribution in [0.15, 0.2) is 54.6 Å². The number of halogens is 1. The minimum Gasteiger partial charge on any atom is -0.461 e. The van der Waals surface area contributed by atoms with Gasteiger partial charge in [-0.3, -0.25) is 4.79 Å². The molecule has 1 saturated carbocycles. The average molecular weight is 435 g/mol. The van der Waals surface area contributed by atoms with E-state index in [1.807, 2.05) is 24.3 Å². The second-order valence-electron chi connectivity index (χ2n) is 7.93. The van der Waals surface area contributed by atoms with Gasteiger partial charge in [0.1, 0.15) is 5.82 Å². The van der Waals surface area contributed by atoms with Crippen LogP contribution in [0.3, 0.4) is 0 Å². The van der Waals surface area contributed by atoms with E-state index in [4.69, 9.17) is 4.74 Å². The predicted molar refractivity (Wildman–Crippen MR) is 120 cm³/mol. The largest absolute Gasteiger partial charge is 0.461 e. The van der Waals surface area contributed by atoms with Gasteiger partial charge in [0, 0.05) is 17.2 Å². The molecule has 4 rings (SSSR count). The standard InChI is InChI=1S/C25H26FN3O3/c1-2-32-25(31)22-16-23(29(28-22)21-13-11-19(26)12-14-21)18-9-6-10-20(15-18)27-24(30)17-7-4-3-5-8-17/h6,9-17H,2-5,7-8H2,1H3,(H,27,30). The Balaban J connectivity index is 1.67. The molecule has 7 heteroatoms. The van der Waals surface area contributed by atoms with Crippen LogP contribution in [0, 0.1) is 11.7 Å². The fraction of sp³-hybridized carbons (Fsp3) is 0.320. The lowest BCUT2D eigenvalue weighted by Crippen LogP contribution is -2.24. The smallest absolute Gasteiger partial charge is 0.358 e. The van der Waals surface area contributed by atoms with Crippen LogP contribution in [0.4, 0.5) is 10.1 Å². The number of rotatable bonds is 6. The third kappa shape index (κ3) is 4.88. The Hall–Kier alpha value is -3.48. The van der Waals surface area contributed by atoms with E-state index in [0.29, 0.717) is 17.1 Å². The number of aromatic nitrogens is 2. The van der Waals surface area contributed by atoms with Crippen LogP contribution >= 0.6 is 0 Å². The van der Waals surface area contributed by atoms with Gasteiger partial charge in [-0.1, -0.05) is 31.4 Å². The summed E-state index contributed by atoms with van der Waals surface area (Å²) >= 11 is 0. The summed E-state index contributed by atoms with van der Waals surface area (Å²) in [6.45, 7) is 1.97. The Morgan fingerprint density at radius 3 is 2.56 bits per heavy atom. The van der Waals surface area contributed by atoms with Gasteiger partial charge >= 0.3 is 5.97 Å². The first kappa shape index (κ1) is 21.7. The zero-order valence-electron chi connectivity index (χ0n) is 18.0. The molecule has 1 N–H and O–H groups in total. The summed E-state index contributed by atoms with van der Waals surface area (Å²) < 4.78 is 20.1. The van der Waals surface area contributed by atoms with Crippen LogP contribution in [0.2, 0.25) is 0 Å². The van der Waals surface area contributed by atoms with Crippen molar-refractivity contribution in [2.45, 2.75) is 39.0 Å². The van der Waals surface area contributed by atoms with Gasteiger partial charge in [0.25, 0.3) is 0 Å². The van der Waals surface area contributed by atoms with Crippen molar-refractivity contribution < 1.29 is 18.7 Å². The number of ether oxygens (including phenoxy) is 1. The van der Waals surface area contributed by atoms with Gasteiger partial charge in [0.2, 0.25) is 5.91 Å². The van der Waals surface area contributed by atoms with Crippen LogP contribution < -0.4 is 5.32 Å². The monoisotopic (exact) mass is 435 g/mol. The number of carbonyl (C=O) groups excluding carboxylic acids is 2. The molecule has 0 atom stereocenters. The summed E-state index contributed by atoms with van der Waals surface area (Å²) in [5, 5.41) is 7.43. The van der Waals surface area contributed by atoms with E-state index in [9.17, 15) is 14.0 Å².